The smallest absolute Gasteiger partial charge is 0.282 e. The van der Waals surface area contributed by atoms with Crippen LogP contribution in [0.15, 0.2) is 79.5 Å². The number of halogens is 3. The number of nitrogens with one attached hydrogen (secondary N) is 1. The van der Waals surface area contributed by atoms with Gasteiger partial charge in [0.1, 0.15) is 11.6 Å². The maximum atomic E-state index is 13.3. The monoisotopic (exact) mass is 630 g/mol. The van der Waals surface area contributed by atoms with Crippen molar-refractivity contribution in [2.75, 3.05) is 11.9 Å². The van der Waals surface area contributed by atoms with E-state index in [2.05, 4.69) is 47.3 Å². The predicted octanol–water partition coefficient (Wildman–Crippen LogP) is 6.60. The van der Waals surface area contributed by atoms with Crippen molar-refractivity contribution < 1.29 is 9.53 Å². The molecule has 0 unspecified atom stereocenters. The van der Waals surface area contributed by atoms with Crippen LogP contribution >= 0.6 is 43.5 Å². The molecule has 0 aliphatic heterocycles. The van der Waals surface area contributed by atoms with E-state index in [0.717, 1.165) is 8.95 Å². The van der Waals surface area contributed by atoms with E-state index in [1.54, 1.807) is 54.6 Å². The van der Waals surface area contributed by atoms with E-state index in [-0.39, 0.29) is 24.0 Å². The van der Waals surface area contributed by atoms with Crippen LogP contribution in [0.3, 0.4) is 0 Å². The van der Waals surface area contributed by atoms with Crippen LogP contribution < -0.4 is 15.6 Å². The zero-order valence-corrected chi connectivity index (χ0v) is 23.3. The Kier molecular flexibility index (Phi) is 8.23. The second-order valence-corrected chi connectivity index (χ2v) is 10.4. The maximum absolute atomic E-state index is 13.3. The third kappa shape index (κ3) is 6.21. The van der Waals surface area contributed by atoms with Crippen LogP contribution in [0.1, 0.15) is 31.2 Å². The molecule has 36 heavy (non-hydrogen) atoms. The lowest BCUT2D eigenvalue weighted by atomic mass is 10.2. The quantitative estimate of drug-likeness (QED) is 0.233. The Morgan fingerprint density at radius 2 is 1.81 bits per heavy atom. The Balaban J connectivity index is 1.61. The Labute approximate surface area is 229 Å². The van der Waals surface area contributed by atoms with E-state index in [0.29, 0.717) is 38.8 Å². The Morgan fingerprint density at radius 3 is 2.53 bits per heavy atom. The highest BCUT2D eigenvalue weighted by atomic mass is 79.9. The second-order valence-electron chi connectivity index (χ2n) is 8.17. The van der Waals surface area contributed by atoms with Gasteiger partial charge in [0.15, 0.2) is 6.61 Å². The number of anilines is 1. The van der Waals surface area contributed by atoms with E-state index < -0.39 is 0 Å². The highest BCUT2D eigenvalue weighted by Crippen LogP contribution is 2.23. The first-order valence-corrected chi connectivity index (χ1v) is 12.9. The third-order valence-electron chi connectivity index (χ3n) is 5.12. The van der Waals surface area contributed by atoms with Crippen LogP contribution in [-0.2, 0) is 4.79 Å². The summed E-state index contributed by atoms with van der Waals surface area (Å²) < 4.78 is 8.65. The van der Waals surface area contributed by atoms with Crippen molar-refractivity contribution in [3.8, 4) is 5.75 Å². The van der Waals surface area contributed by atoms with Gasteiger partial charge in [0.05, 0.1) is 17.1 Å². The van der Waals surface area contributed by atoms with Gasteiger partial charge in [0, 0.05) is 31.1 Å². The number of carbonyl (C=O) groups excluding carboxylic acids is 1. The average molecular weight is 633 g/mol. The van der Waals surface area contributed by atoms with Gasteiger partial charge < -0.3 is 10.1 Å². The van der Waals surface area contributed by atoms with Gasteiger partial charge in [-0.1, -0.05) is 57.3 Å². The highest BCUT2D eigenvalue weighted by Gasteiger charge is 2.14. The Hall–Kier alpha value is -3.01. The van der Waals surface area contributed by atoms with Gasteiger partial charge in [0.25, 0.3) is 11.5 Å². The van der Waals surface area contributed by atoms with Crippen LogP contribution in [-0.4, -0.2) is 28.4 Å². The molecule has 1 N–H and O–H groups in total. The summed E-state index contributed by atoms with van der Waals surface area (Å²) in [6, 6.07) is 17.5. The average Bonchev–Trinajstić information content (AvgIpc) is 2.84. The molecule has 0 fully saturated rings. The first kappa shape index (κ1) is 26.1. The van der Waals surface area contributed by atoms with Gasteiger partial charge in [0.2, 0.25) is 0 Å². The summed E-state index contributed by atoms with van der Waals surface area (Å²) in [6.07, 6.45) is 1.52. The Morgan fingerprint density at radius 1 is 1.11 bits per heavy atom. The fraction of sp³-hybridized carbons (Fsp3) is 0.154. The predicted molar refractivity (Wildman–Crippen MR) is 151 cm³/mol. The lowest BCUT2D eigenvalue weighted by Gasteiger charge is -2.13. The molecule has 7 nitrogen and oxygen atoms in total. The first-order chi connectivity index (χ1) is 17.2. The summed E-state index contributed by atoms with van der Waals surface area (Å²) in [5.74, 6) is 0.596. The molecule has 0 spiro atoms. The van der Waals surface area contributed by atoms with Crippen molar-refractivity contribution in [2.24, 2.45) is 5.10 Å². The van der Waals surface area contributed by atoms with Crippen molar-refractivity contribution in [2.45, 2.75) is 19.8 Å². The highest BCUT2D eigenvalue weighted by molar-refractivity contribution is 9.10. The fourth-order valence-corrected chi connectivity index (χ4v) is 4.26. The molecule has 0 aliphatic carbocycles. The number of hydrogen-bond acceptors (Lipinski definition) is 5. The van der Waals surface area contributed by atoms with Crippen molar-refractivity contribution in [3.05, 3.63) is 96.4 Å². The zero-order chi connectivity index (χ0) is 25.8. The van der Waals surface area contributed by atoms with Gasteiger partial charge in [-0.05, 0) is 60.7 Å². The van der Waals surface area contributed by atoms with E-state index in [4.69, 9.17) is 16.3 Å². The first-order valence-electron chi connectivity index (χ1n) is 11.0. The molecule has 0 radical (unpaired) electrons. The minimum Gasteiger partial charge on any atom is -0.483 e. The largest absolute Gasteiger partial charge is 0.483 e. The van der Waals surface area contributed by atoms with Gasteiger partial charge in [-0.15, -0.1) is 0 Å². The molecule has 0 aliphatic rings. The molecular weight excluding hydrogens is 612 g/mol. The molecule has 1 heterocycles. The normalized spacial score (nSPS) is 11.4. The van der Waals surface area contributed by atoms with Crippen LogP contribution in [0.5, 0.6) is 5.75 Å². The van der Waals surface area contributed by atoms with Crippen molar-refractivity contribution in [1.82, 2.24) is 9.66 Å². The van der Waals surface area contributed by atoms with Crippen LogP contribution in [0.4, 0.5) is 5.69 Å². The number of amides is 1. The number of ether oxygens (including phenoxy) is 1. The molecule has 4 rings (SSSR count). The lowest BCUT2D eigenvalue weighted by molar-refractivity contribution is -0.118. The number of rotatable bonds is 7. The maximum Gasteiger partial charge on any atom is 0.282 e. The molecule has 0 saturated heterocycles. The summed E-state index contributed by atoms with van der Waals surface area (Å²) in [5.41, 5.74) is 1.53. The van der Waals surface area contributed by atoms with Gasteiger partial charge in [-0.3, -0.25) is 9.59 Å². The molecule has 10 heteroatoms. The minimum atomic E-state index is -0.328. The molecule has 0 bridgehead atoms. The number of carbonyl (C=O) groups is 1. The van der Waals surface area contributed by atoms with Gasteiger partial charge >= 0.3 is 0 Å². The van der Waals surface area contributed by atoms with E-state index in [1.807, 2.05) is 19.9 Å². The lowest BCUT2D eigenvalue weighted by Crippen LogP contribution is -2.23. The van der Waals surface area contributed by atoms with E-state index in [9.17, 15) is 9.59 Å². The van der Waals surface area contributed by atoms with Crippen LogP contribution in [0.25, 0.3) is 10.9 Å². The molecule has 0 saturated carbocycles. The van der Waals surface area contributed by atoms with Gasteiger partial charge in [-0.25, -0.2) is 4.98 Å². The molecule has 3 aromatic carbocycles. The van der Waals surface area contributed by atoms with Crippen molar-refractivity contribution >= 4 is 72.2 Å². The molecular formula is C26H21Br2ClN4O3. The topological polar surface area (TPSA) is 85.6 Å². The summed E-state index contributed by atoms with van der Waals surface area (Å²) in [5, 5.41) is 8.26. The summed E-state index contributed by atoms with van der Waals surface area (Å²) in [6.45, 7) is 3.69. The zero-order valence-electron chi connectivity index (χ0n) is 19.3. The second kappa shape index (κ2) is 11.4. The van der Waals surface area contributed by atoms with Crippen LogP contribution in [0, 0.1) is 0 Å². The third-order valence-corrected chi connectivity index (χ3v) is 6.36. The number of hydrogen-bond donors (Lipinski definition) is 1. The summed E-state index contributed by atoms with van der Waals surface area (Å²) >= 11 is 12.7. The number of fused-ring (bicyclic) bond motifs is 1. The molecule has 1 aromatic heterocycles. The fourth-order valence-electron chi connectivity index (χ4n) is 3.40. The number of benzene rings is 3. The molecule has 1 amide bonds. The van der Waals surface area contributed by atoms with Gasteiger partial charge in [-0.2, -0.15) is 9.78 Å². The van der Waals surface area contributed by atoms with Crippen LogP contribution in [0.2, 0.25) is 5.02 Å². The molecule has 4 aromatic rings. The number of nitrogens with zero attached hydrogens (tertiary/aromatic N) is 3. The molecule has 0 atom stereocenters. The SMILES string of the molecule is CC(C)c1nc2ccc(Br)cc2c(=O)n1N=Cc1cc(Br)ccc1OCC(=O)Nc1ccc(Cl)cc1. The summed E-state index contributed by atoms with van der Waals surface area (Å²) in [7, 11) is 0. The Bertz CT molecular complexity index is 1520. The number of aromatic nitrogens is 2. The standard InChI is InChI=1S/C26H21Br2ClN4O3/c1-15(2)25-32-22-9-3-18(28)12-21(22)26(35)33(25)30-13-16-11-17(27)4-10-23(16)36-14-24(34)31-20-7-5-19(29)6-8-20/h3-13,15H,14H2,1-2H3,(H,31,34). The van der Waals surface area contributed by atoms with Crippen molar-refractivity contribution in [1.29, 1.82) is 0 Å². The van der Waals surface area contributed by atoms with E-state index >= 15 is 0 Å². The van der Waals surface area contributed by atoms with E-state index in [1.165, 1.54) is 10.9 Å². The summed E-state index contributed by atoms with van der Waals surface area (Å²) in [4.78, 5) is 30.3. The molecule has 184 valence electrons. The van der Waals surface area contributed by atoms with Crippen molar-refractivity contribution in [3.63, 3.8) is 0 Å². The minimum absolute atomic E-state index is 0.0438.